The van der Waals surface area contributed by atoms with Gasteiger partial charge in [0.1, 0.15) is 35.1 Å². The average Bonchev–Trinajstić information content (AvgIpc) is 3.31. The van der Waals surface area contributed by atoms with Gasteiger partial charge in [-0.1, -0.05) is 30.8 Å². The van der Waals surface area contributed by atoms with Gasteiger partial charge in [-0.15, -0.1) is 0 Å². The number of aryl methyl sites for hydroxylation is 1. The molecule has 3 aromatic carbocycles. The largest absolute Gasteiger partial charge is 0.383 e. The Morgan fingerprint density at radius 3 is 2.51 bits per heavy atom. The van der Waals surface area contributed by atoms with E-state index in [1.165, 1.54) is 37.4 Å². The minimum atomic E-state index is -3.01. The van der Waals surface area contributed by atoms with E-state index < -0.39 is 34.2 Å². The third kappa shape index (κ3) is 5.19. The molecule has 208 valence electrons. The molecule has 0 bridgehead atoms. The van der Waals surface area contributed by atoms with Crippen LogP contribution in [0.4, 0.5) is 26.0 Å². The van der Waals surface area contributed by atoms with Crippen molar-refractivity contribution in [2.24, 2.45) is 11.3 Å². The van der Waals surface area contributed by atoms with Crippen LogP contribution in [0.3, 0.4) is 0 Å². The molecule has 0 aliphatic heterocycles. The Morgan fingerprint density at radius 2 is 1.85 bits per heavy atom. The van der Waals surface area contributed by atoms with Gasteiger partial charge in [-0.3, -0.25) is 4.79 Å². The molecule has 8 nitrogen and oxygen atoms in total. The first-order chi connectivity index (χ1) is 20.7. The molecule has 0 aliphatic rings. The monoisotopic (exact) mass is 575 g/mol. The molecule has 0 aliphatic carbocycles. The Labute approximate surface area is 240 Å². The highest BCUT2D eigenvalue weighted by molar-refractivity contribution is 7.93. The second-order valence-electron chi connectivity index (χ2n) is 9.32. The van der Waals surface area contributed by atoms with Crippen LogP contribution in [-0.2, 0) is 21.5 Å². The van der Waals surface area contributed by atoms with E-state index in [1.807, 2.05) is 0 Å². The number of hydrogen-bond donors (Lipinski definition) is 2. The van der Waals surface area contributed by atoms with Crippen LogP contribution in [0.5, 0.6) is 0 Å². The maximum absolute atomic E-state index is 15.8. The van der Waals surface area contributed by atoms with Crippen LogP contribution in [-0.4, -0.2) is 30.9 Å². The van der Waals surface area contributed by atoms with Gasteiger partial charge in [0.2, 0.25) is 0 Å². The third-order valence-electron chi connectivity index (χ3n) is 6.34. The first-order valence-electron chi connectivity index (χ1n) is 13.7. The van der Waals surface area contributed by atoms with Crippen LogP contribution < -0.4 is 11.1 Å². The van der Waals surface area contributed by atoms with E-state index in [9.17, 15) is 9.00 Å². The van der Waals surface area contributed by atoms with E-state index in [1.54, 1.807) is 30.3 Å². The molecule has 41 heavy (non-hydrogen) atoms. The van der Waals surface area contributed by atoms with Gasteiger partial charge in [-0.25, -0.2) is 23.0 Å². The number of nitrogens with zero attached hydrogens (tertiary/aromatic N) is 4. The maximum Gasteiger partial charge on any atom is 0.250 e. The number of amides is 1. The van der Waals surface area contributed by atoms with Crippen molar-refractivity contribution in [2.75, 3.05) is 17.3 Å². The predicted molar refractivity (Wildman–Crippen MR) is 158 cm³/mol. The van der Waals surface area contributed by atoms with E-state index in [0.717, 1.165) is 23.0 Å². The number of benzene rings is 3. The summed E-state index contributed by atoms with van der Waals surface area (Å²) < 4.78 is 74.6. The first kappa shape index (κ1) is 23.9. The Kier molecular flexibility index (Phi) is 6.18. The Bertz CT molecular complexity index is 2090. The summed E-state index contributed by atoms with van der Waals surface area (Å²) in [4.78, 5) is 20.6. The molecule has 1 amide bonds. The van der Waals surface area contributed by atoms with Gasteiger partial charge < -0.3 is 15.6 Å². The van der Waals surface area contributed by atoms with Crippen LogP contribution in [0.1, 0.15) is 11.0 Å². The smallest absolute Gasteiger partial charge is 0.250 e. The van der Waals surface area contributed by atoms with Crippen molar-refractivity contribution in [3.8, 4) is 22.4 Å². The number of carbonyl (C=O) groups is 1. The van der Waals surface area contributed by atoms with Crippen LogP contribution >= 0.6 is 0 Å². The van der Waals surface area contributed by atoms with Crippen LogP contribution in [0.25, 0.3) is 33.4 Å². The molecule has 0 fully saturated rings. The fourth-order valence-corrected chi connectivity index (χ4v) is 5.63. The number of fused-ring (bicyclic) bond motifs is 1. The second-order valence-corrected chi connectivity index (χ2v) is 11.6. The summed E-state index contributed by atoms with van der Waals surface area (Å²) in [6.07, 6.45) is 2.46. The summed E-state index contributed by atoms with van der Waals surface area (Å²) in [6, 6.07) is 15.9. The highest BCUT2D eigenvalue weighted by Crippen LogP contribution is 2.43. The summed E-state index contributed by atoms with van der Waals surface area (Å²) in [6.45, 7) is 2.16. The average molecular weight is 576 g/mol. The number of nitrogen functional groups attached to an aromatic ring is 1. The van der Waals surface area contributed by atoms with Crippen molar-refractivity contribution < 1.29 is 21.9 Å². The first-order valence-corrected chi connectivity index (χ1v) is 14.1. The number of aromatic nitrogens is 3. The molecular weight excluding hydrogens is 546 g/mol. The normalized spacial score (nSPS) is 14.0. The number of anilines is 2. The van der Waals surface area contributed by atoms with Gasteiger partial charge in [-0.2, -0.15) is 4.36 Å². The SMILES string of the molecule is [2H]C([2H])([2H])n1c(-c2ccc(NC(=O)C(=C)C)cc2F)c(-c2ccc(N=S(C)(=O)c3ccccc3)c(F)c2)c2c(N)ncnc21. The van der Waals surface area contributed by atoms with Crippen LogP contribution in [0.15, 0.2) is 94.5 Å². The van der Waals surface area contributed by atoms with E-state index in [-0.39, 0.29) is 56.2 Å². The number of halogens is 2. The van der Waals surface area contributed by atoms with Gasteiger partial charge in [-0.05, 0) is 55.0 Å². The number of nitrogens with one attached hydrogen (secondary N) is 1. The third-order valence-corrected chi connectivity index (χ3v) is 8.03. The second kappa shape index (κ2) is 10.6. The lowest BCUT2D eigenvalue weighted by molar-refractivity contribution is -0.112. The van der Waals surface area contributed by atoms with E-state index in [2.05, 4.69) is 26.2 Å². The molecular formula is C30H26F2N6O2S. The zero-order valence-corrected chi connectivity index (χ0v) is 22.8. The highest BCUT2D eigenvalue weighted by atomic mass is 32.2. The molecule has 1 atom stereocenters. The van der Waals surface area contributed by atoms with Crippen molar-refractivity contribution in [2.45, 2.75) is 11.8 Å². The minimum Gasteiger partial charge on any atom is -0.383 e. The summed E-state index contributed by atoms with van der Waals surface area (Å²) in [5.41, 5.74) is 6.01. The van der Waals surface area contributed by atoms with E-state index in [4.69, 9.17) is 9.85 Å². The molecule has 5 aromatic rings. The predicted octanol–water partition coefficient (Wildman–Crippen LogP) is 6.47. The van der Waals surface area contributed by atoms with Gasteiger partial charge in [0.05, 0.1) is 20.8 Å². The zero-order valence-electron chi connectivity index (χ0n) is 25.0. The van der Waals surface area contributed by atoms with Crippen LogP contribution in [0, 0.1) is 11.6 Å². The summed E-state index contributed by atoms with van der Waals surface area (Å²) in [5, 5.41) is 2.57. The van der Waals surface area contributed by atoms with Gasteiger partial charge in [0, 0.05) is 44.6 Å². The van der Waals surface area contributed by atoms with Crippen LogP contribution in [0.2, 0.25) is 0 Å². The molecule has 11 heteroatoms. The summed E-state index contributed by atoms with van der Waals surface area (Å²) in [7, 11) is -3.01. The van der Waals surface area contributed by atoms with Gasteiger partial charge in [0.15, 0.2) is 0 Å². The number of hydrogen-bond acceptors (Lipinski definition) is 6. The summed E-state index contributed by atoms with van der Waals surface area (Å²) >= 11 is 0. The highest BCUT2D eigenvalue weighted by Gasteiger charge is 2.25. The molecule has 3 N–H and O–H groups in total. The number of nitrogens with two attached hydrogens (primary N) is 1. The lowest BCUT2D eigenvalue weighted by Crippen LogP contribution is -2.12. The molecule has 2 aromatic heterocycles. The van der Waals surface area contributed by atoms with Crippen molar-refractivity contribution in [1.29, 1.82) is 0 Å². The van der Waals surface area contributed by atoms with Crippen molar-refractivity contribution in [3.63, 3.8) is 0 Å². The number of rotatable bonds is 6. The Hall–Kier alpha value is -4.90. The van der Waals surface area contributed by atoms with Gasteiger partial charge in [0.25, 0.3) is 5.91 Å². The lowest BCUT2D eigenvalue weighted by Gasteiger charge is -2.12. The van der Waals surface area contributed by atoms with E-state index in [0.29, 0.717) is 4.90 Å². The minimum absolute atomic E-state index is 0.0533. The summed E-state index contributed by atoms with van der Waals surface area (Å²) in [5.74, 6) is -2.38. The van der Waals surface area contributed by atoms with Crippen molar-refractivity contribution in [1.82, 2.24) is 14.5 Å². The number of carbonyl (C=O) groups excluding carboxylic acids is 1. The fourth-order valence-electron chi connectivity index (χ4n) is 4.34. The Balaban J connectivity index is 1.77. The standard InChI is InChI=1S/C30H26F2N6O2S/c1-17(2)30(39)36-19-11-12-21(22(31)15-19)27-25(26-28(33)34-16-35-29(26)38(27)3)18-10-13-24(23(32)14-18)37-41(4,40)20-8-6-5-7-9-20/h5-16H,1H2,2-4H3,(H,36,39)(H2,33,34,35)/i3D3. The molecule has 2 heterocycles. The Morgan fingerprint density at radius 1 is 1.10 bits per heavy atom. The molecule has 0 saturated carbocycles. The van der Waals surface area contributed by atoms with Gasteiger partial charge >= 0.3 is 0 Å². The molecule has 5 rings (SSSR count). The molecule has 1 unspecified atom stereocenters. The molecule has 0 spiro atoms. The van der Waals surface area contributed by atoms with Crippen molar-refractivity contribution in [3.05, 3.63) is 96.8 Å². The fraction of sp³-hybridized carbons (Fsp3) is 0.100. The maximum atomic E-state index is 15.8. The lowest BCUT2D eigenvalue weighted by atomic mass is 9.98. The zero-order chi connectivity index (χ0) is 32.0. The quantitative estimate of drug-likeness (QED) is 0.225. The topological polar surface area (TPSA) is 115 Å². The molecule has 0 saturated heterocycles. The molecule has 0 radical (unpaired) electrons. The van der Waals surface area contributed by atoms with E-state index >= 15 is 8.78 Å². The van der Waals surface area contributed by atoms with Crippen molar-refractivity contribution >= 4 is 43.9 Å².